The Morgan fingerprint density at radius 2 is 1.83 bits per heavy atom. The zero-order valence-corrected chi connectivity index (χ0v) is 13.7. The molecule has 0 radical (unpaired) electrons. The van der Waals surface area contributed by atoms with Gasteiger partial charge in [-0.05, 0) is 37.2 Å². The summed E-state index contributed by atoms with van der Waals surface area (Å²) < 4.78 is 42.2. The van der Waals surface area contributed by atoms with Gasteiger partial charge in [0.2, 0.25) is 5.91 Å². The van der Waals surface area contributed by atoms with E-state index in [1.54, 1.807) is 0 Å². The second-order valence-electron chi connectivity index (χ2n) is 5.30. The van der Waals surface area contributed by atoms with Crippen molar-refractivity contribution in [3.05, 3.63) is 29.8 Å². The van der Waals surface area contributed by atoms with Crippen molar-refractivity contribution in [2.24, 2.45) is 0 Å². The maximum Gasteiger partial charge on any atom is 0.401 e. The topological polar surface area (TPSA) is 58.6 Å². The molecular weight excluding hydrogens is 325 g/mol. The van der Waals surface area contributed by atoms with Gasteiger partial charge in [-0.25, -0.2) is 4.79 Å². The van der Waals surface area contributed by atoms with Gasteiger partial charge in [0, 0.05) is 5.69 Å². The smallest absolute Gasteiger partial charge is 0.401 e. The number of esters is 1. The molecule has 8 heteroatoms. The number of carbonyl (C=O) groups is 2. The van der Waals surface area contributed by atoms with Crippen molar-refractivity contribution in [2.45, 2.75) is 25.9 Å². The van der Waals surface area contributed by atoms with Gasteiger partial charge in [-0.2, -0.15) is 13.2 Å². The van der Waals surface area contributed by atoms with Gasteiger partial charge in [0.05, 0.1) is 25.8 Å². The van der Waals surface area contributed by atoms with Gasteiger partial charge in [-0.3, -0.25) is 9.69 Å². The molecule has 0 unspecified atom stereocenters. The van der Waals surface area contributed by atoms with E-state index < -0.39 is 24.6 Å². The second-order valence-corrected chi connectivity index (χ2v) is 5.30. The Morgan fingerprint density at radius 1 is 1.21 bits per heavy atom. The molecule has 1 amide bonds. The predicted molar refractivity (Wildman–Crippen MR) is 83.8 cm³/mol. The maximum atomic E-state index is 12.5. The molecule has 0 saturated heterocycles. The lowest BCUT2D eigenvalue weighted by molar-refractivity contribution is -0.148. The Hall–Kier alpha value is -2.09. The molecule has 0 aromatic heterocycles. The third-order valence-electron chi connectivity index (χ3n) is 3.19. The quantitative estimate of drug-likeness (QED) is 0.735. The van der Waals surface area contributed by atoms with Gasteiger partial charge in [-0.1, -0.05) is 13.3 Å². The van der Waals surface area contributed by atoms with Crippen LogP contribution < -0.4 is 5.32 Å². The molecule has 0 heterocycles. The van der Waals surface area contributed by atoms with Crippen LogP contribution in [0.5, 0.6) is 0 Å². The van der Waals surface area contributed by atoms with Gasteiger partial charge >= 0.3 is 12.1 Å². The summed E-state index contributed by atoms with van der Waals surface area (Å²) >= 11 is 0. The molecule has 0 fully saturated rings. The van der Waals surface area contributed by atoms with Crippen LogP contribution in [0.15, 0.2) is 24.3 Å². The molecule has 1 aromatic carbocycles. The van der Waals surface area contributed by atoms with Crippen molar-refractivity contribution in [3.8, 4) is 0 Å². The highest BCUT2D eigenvalue weighted by Crippen LogP contribution is 2.17. The molecule has 0 aliphatic rings. The fourth-order valence-corrected chi connectivity index (χ4v) is 2.06. The summed E-state index contributed by atoms with van der Waals surface area (Å²) in [7, 11) is 1.25. The Balaban J connectivity index is 2.62. The molecule has 24 heavy (non-hydrogen) atoms. The Kier molecular flexibility index (Phi) is 7.70. The number of halogens is 3. The van der Waals surface area contributed by atoms with E-state index >= 15 is 0 Å². The number of ether oxygens (including phenoxy) is 1. The van der Waals surface area contributed by atoms with Crippen LogP contribution in [0.1, 0.15) is 30.1 Å². The summed E-state index contributed by atoms with van der Waals surface area (Å²) in [6.45, 7) is 0.597. The Morgan fingerprint density at radius 3 is 2.33 bits per heavy atom. The third kappa shape index (κ3) is 7.45. The highest BCUT2D eigenvalue weighted by atomic mass is 19.4. The minimum Gasteiger partial charge on any atom is -0.465 e. The first kappa shape index (κ1) is 20.0. The molecule has 1 aromatic rings. The van der Waals surface area contributed by atoms with Crippen LogP contribution in [-0.2, 0) is 9.53 Å². The number of nitrogens with zero attached hydrogens (tertiary/aromatic N) is 1. The Labute approximate surface area is 138 Å². The molecule has 0 aliphatic heterocycles. The van der Waals surface area contributed by atoms with E-state index in [-0.39, 0.29) is 13.1 Å². The van der Waals surface area contributed by atoms with E-state index in [0.29, 0.717) is 17.7 Å². The lowest BCUT2D eigenvalue weighted by Crippen LogP contribution is -2.40. The molecular formula is C16H21F3N2O3. The number of rotatable bonds is 8. The largest absolute Gasteiger partial charge is 0.465 e. The van der Waals surface area contributed by atoms with Gasteiger partial charge in [0.1, 0.15) is 0 Å². The summed E-state index contributed by atoms with van der Waals surface area (Å²) in [5.74, 6) is -1.05. The summed E-state index contributed by atoms with van der Waals surface area (Å²) in [4.78, 5) is 24.3. The second kappa shape index (κ2) is 9.27. The summed E-state index contributed by atoms with van der Waals surface area (Å²) in [6, 6.07) is 5.91. The summed E-state index contributed by atoms with van der Waals surface area (Å²) in [5.41, 5.74) is 0.715. The predicted octanol–water partition coefficient (Wildman–Crippen LogP) is 3.08. The highest BCUT2D eigenvalue weighted by molar-refractivity contribution is 5.93. The first-order valence-corrected chi connectivity index (χ1v) is 7.52. The van der Waals surface area contributed by atoms with E-state index in [1.165, 1.54) is 31.4 Å². The average Bonchev–Trinajstić information content (AvgIpc) is 2.51. The molecule has 1 rings (SSSR count). The van der Waals surface area contributed by atoms with Gasteiger partial charge in [-0.15, -0.1) is 0 Å². The maximum absolute atomic E-state index is 12.5. The van der Waals surface area contributed by atoms with Crippen molar-refractivity contribution in [2.75, 3.05) is 32.1 Å². The Bertz CT molecular complexity index is 544. The number of nitrogens with one attached hydrogen (secondary N) is 1. The van der Waals surface area contributed by atoms with Crippen LogP contribution in [0, 0.1) is 0 Å². The number of methoxy groups -OCH3 is 1. The lowest BCUT2D eigenvalue weighted by atomic mass is 10.2. The normalized spacial score (nSPS) is 11.4. The van der Waals surface area contributed by atoms with Crippen LogP contribution >= 0.6 is 0 Å². The van der Waals surface area contributed by atoms with Crippen molar-refractivity contribution in [3.63, 3.8) is 0 Å². The van der Waals surface area contributed by atoms with Crippen molar-refractivity contribution in [1.29, 1.82) is 0 Å². The molecule has 0 spiro atoms. The monoisotopic (exact) mass is 346 g/mol. The van der Waals surface area contributed by atoms with Gasteiger partial charge < -0.3 is 10.1 Å². The van der Waals surface area contributed by atoms with Crippen molar-refractivity contribution >= 4 is 17.6 Å². The lowest BCUT2D eigenvalue weighted by Gasteiger charge is -2.22. The van der Waals surface area contributed by atoms with E-state index in [1.807, 2.05) is 6.92 Å². The molecule has 5 nitrogen and oxygen atoms in total. The number of unbranched alkanes of at least 4 members (excludes halogenated alkanes) is 1. The first-order valence-electron chi connectivity index (χ1n) is 7.52. The number of benzene rings is 1. The average molecular weight is 346 g/mol. The standard InChI is InChI=1S/C16H21F3N2O3/c1-3-4-9-21(11-16(17,18)19)10-14(22)20-13-7-5-12(6-8-13)15(23)24-2/h5-8H,3-4,9-11H2,1-2H3,(H,20,22). The SMILES string of the molecule is CCCCN(CC(=O)Nc1ccc(C(=O)OC)cc1)CC(F)(F)F. The number of carbonyl (C=O) groups excluding carboxylic acids is 2. The van der Waals surface area contributed by atoms with E-state index in [9.17, 15) is 22.8 Å². The zero-order chi connectivity index (χ0) is 18.2. The van der Waals surface area contributed by atoms with Crippen molar-refractivity contribution < 1.29 is 27.5 Å². The van der Waals surface area contributed by atoms with Crippen LogP contribution in [0.25, 0.3) is 0 Å². The van der Waals surface area contributed by atoms with E-state index in [4.69, 9.17) is 0 Å². The van der Waals surface area contributed by atoms with Crippen LogP contribution in [0.3, 0.4) is 0 Å². The minimum absolute atomic E-state index is 0.199. The molecule has 0 bridgehead atoms. The van der Waals surface area contributed by atoms with Crippen LogP contribution in [0.4, 0.5) is 18.9 Å². The number of alkyl halides is 3. The zero-order valence-electron chi connectivity index (χ0n) is 13.7. The molecule has 0 saturated carbocycles. The molecule has 0 aliphatic carbocycles. The number of anilines is 1. The number of amides is 1. The summed E-state index contributed by atoms with van der Waals surface area (Å²) in [6.07, 6.45) is -3.03. The van der Waals surface area contributed by atoms with E-state index in [2.05, 4.69) is 10.1 Å². The fourth-order valence-electron chi connectivity index (χ4n) is 2.06. The summed E-state index contributed by atoms with van der Waals surface area (Å²) in [5, 5.41) is 2.52. The minimum atomic E-state index is -4.35. The highest BCUT2D eigenvalue weighted by Gasteiger charge is 2.31. The van der Waals surface area contributed by atoms with E-state index in [0.717, 1.165) is 11.3 Å². The van der Waals surface area contributed by atoms with Crippen molar-refractivity contribution in [1.82, 2.24) is 4.90 Å². The third-order valence-corrected chi connectivity index (χ3v) is 3.19. The number of hydrogen-bond acceptors (Lipinski definition) is 4. The van der Waals surface area contributed by atoms with Crippen LogP contribution in [-0.4, -0.2) is 49.7 Å². The van der Waals surface area contributed by atoms with Gasteiger partial charge in [0.25, 0.3) is 0 Å². The molecule has 0 atom stereocenters. The number of hydrogen-bond donors (Lipinski definition) is 1. The first-order chi connectivity index (χ1) is 11.2. The van der Waals surface area contributed by atoms with Gasteiger partial charge in [0.15, 0.2) is 0 Å². The molecule has 1 N–H and O–H groups in total. The molecule has 134 valence electrons. The fraction of sp³-hybridized carbons (Fsp3) is 0.500. The van der Waals surface area contributed by atoms with Crippen LogP contribution in [0.2, 0.25) is 0 Å².